The minimum Gasteiger partial charge on any atom is -0.335 e. The Morgan fingerprint density at radius 3 is 2.58 bits per heavy atom. The number of nitrogens with one attached hydrogen (secondary N) is 1. The Morgan fingerprint density at radius 1 is 1.27 bits per heavy atom. The first-order valence-corrected chi connectivity index (χ1v) is 8.97. The van der Waals surface area contributed by atoms with E-state index in [4.69, 9.17) is 0 Å². The van der Waals surface area contributed by atoms with Crippen LogP contribution in [0.25, 0.3) is 0 Å². The van der Waals surface area contributed by atoms with E-state index < -0.39 is 0 Å². The summed E-state index contributed by atoms with van der Waals surface area (Å²) in [6, 6.07) is 12.3. The molecule has 1 aliphatic carbocycles. The van der Waals surface area contributed by atoms with E-state index in [2.05, 4.69) is 4.98 Å². The molecule has 5 heteroatoms. The summed E-state index contributed by atoms with van der Waals surface area (Å²) in [7, 11) is 0. The van der Waals surface area contributed by atoms with Gasteiger partial charge in [-0.15, -0.1) is 0 Å². The summed E-state index contributed by atoms with van der Waals surface area (Å²) in [6.45, 7) is 4.23. The molecule has 0 atom stereocenters. The molecule has 1 aliphatic rings. The van der Waals surface area contributed by atoms with Crippen LogP contribution >= 0.6 is 0 Å². The maximum Gasteiger partial charge on any atom is 0.266 e. The van der Waals surface area contributed by atoms with Crippen molar-refractivity contribution < 1.29 is 4.79 Å². The van der Waals surface area contributed by atoms with Crippen LogP contribution in [-0.4, -0.2) is 21.8 Å². The van der Waals surface area contributed by atoms with Crippen molar-refractivity contribution in [3.05, 3.63) is 68.6 Å². The second kappa shape index (κ2) is 7.57. The van der Waals surface area contributed by atoms with E-state index in [1.807, 2.05) is 48.2 Å². The summed E-state index contributed by atoms with van der Waals surface area (Å²) in [5.74, 6) is 0.125. The molecule has 0 spiro atoms. The SMILES string of the molecule is Cc1[nH]c(=O)c(C#N)c(C)c1CCC(=O)N(Cc1ccccc1)C1CC1. The molecule has 5 nitrogen and oxygen atoms in total. The van der Waals surface area contributed by atoms with Crippen molar-refractivity contribution in [2.24, 2.45) is 0 Å². The van der Waals surface area contributed by atoms with Gasteiger partial charge in [0.25, 0.3) is 5.56 Å². The average molecular weight is 349 g/mol. The molecule has 1 amide bonds. The van der Waals surface area contributed by atoms with Crippen molar-refractivity contribution in [3.8, 4) is 6.07 Å². The molecule has 0 radical (unpaired) electrons. The van der Waals surface area contributed by atoms with Gasteiger partial charge in [0.15, 0.2) is 0 Å². The maximum atomic E-state index is 12.8. The van der Waals surface area contributed by atoms with Crippen LogP contribution in [-0.2, 0) is 17.8 Å². The van der Waals surface area contributed by atoms with Crippen LogP contribution in [0.1, 0.15) is 47.2 Å². The monoisotopic (exact) mass is 349 g/mol. The van der Waals surface area contributed by atoms with Gasteiger partial charge in [-0.05, 0) is 49.8 Å². The highest BCUT2D eigenvalue weighted by Crippen LogP contribution is 2.29. The highest BCUT2D eigenvalue weighted by Gasteiger charge is 2.32. The first-order valence-electron chi connectivity index (χ1n) is 8.97. The Balaban J connectivity index is 1.73. The summed E-state index contributed by atoms with van der Waals surface area (Å²) in [4.78, 5) is 29.4. The van der Waals surface area contributed by atoms with E-state index in [0.29, 0.717) is 31.0 Å². The van der Waals surface area contributed by atoms with Gasteiger partial charge in [-0.25, -0.2) is 0 Å². The lowest BCUT2D eigenvalue weighted by molar-refractivity contribution is -0.132. The molecule has 134 valence electrons. The fourth-order valence-corrected chi connectivity index (χ4v) is 3.38. The topological polar surface area (TPSA) is 77.0 Å². The third-order valence-electron chi connectivity index (χ3n) is 5.01. The maximum absolute atomic E-state index is 12.8. The lowest BCUT2D eigenvalue weighted by Crippen LogP contribution is -2.33. The number of aryl methyl sites for hydroxylation is 1. The van der Waals surface area contributed by atoms with E-state index in [-0.39, 0.29) is 17.0 Å². The van der Waals surface area contributed by atoms with E-state index in [1.165, 1.54) is 0 Å². The molecular weight excluding hydrogens is 326 g/mol. The van der Waals surface area contributed by atoms with Crippen LogP contribution in [0.5, 0.6) is 0 Å². The molecule has 0 bridgehead atoms. The first-order chi connectivity index (χ1) is 12.5. The normalized spacial score (nSPS) is 13.3. The van der Waals surface area contributed by atoms with Gasteiger partial charge in [0.2, 0.25) is 5.91 Å². The van der Waals surface area contributed by atoms with Gasteiger partial charge in [0.05, 0.1) is 0 Å². The summed E-state index contributed by atoms with van der Waals surface area (Å²) in [5, 5.41) is 9.18. The first kappa shape index (κ1) is 17.9. The molecule has 26 heavy (non-hydrogen) atoms. The van der Waals surface area contributed by atoms with Gasteiger partial charge >= 0.3 is 0 Å². The van der Waals surface area contributed by atoms with Gasteiger partial charge in [0, 0.05) is 24.7 Å². The number of hydrogen-bond donors (Lipinski definition) is 1. The van der Waals surface area contributed by atoms with Crippen LogP contribution in [0.3, 0.4) is 0 Å². The van der Waals surface area contributed by atoms with Crippen LogP contribution in [0.15, 0.2) is 35.1 Å². The number of nitrogens with zero attached hydrogens (tertiary/aromatic N) is 2. The molecule has 1 fully saturated rings. The third kappa shape index (κ3) is 3.85. The lowest BCUT2D eigenvalue weighted by Gasteiger charge is -2.23. The minimum absolute atomic E-state index is 0.125. The van der Waals surface area contributed by atoms with Crippen LogP contribution in [0.2, 0.25) is 0 Å². The second-order valence-electron chi connectivity index (χ2n) is 6.91. The fraction of sp³-hybridized carbons (Fsp3) is 0.381. The number of rotatable bonds is 6. The summed E-state index contributed by atoms with van der Waals surface area (Å²) in [5.41, 5.74) is 3.23. The largest absolute Gasteiger partial charge is 0.335 e. The Hall–Kier alpha value is -2.87. The Morgan fingerprint density at radius 2 is 1.96 bits per heavy atom. The number of hydrogen-bond acceptors (Lipinski definition) is 3. The van der Waals surface area contributed by atoms with Gasteiger partial charge < -0.3 is 9.88 Å². The van der Waals surface area contributed by atoms with Crippen molar-refractivity contribution in [2.75, 3.05) is 0 Å². The summed E-state index contributed by atoms with van der Waals surface area (Å²) in [6.07, 6.45) is 3.03. The van der Waals surface area contributed by atoms with E-state index >= 15 is 0 Å². The van der Waals surface area contributed by atoms with Gasteiger partial charge in [0.1, 0.15) is 11.6 Å². The van der Waals surface area contributed by atoms with Crippen molar-refractivity contribution in [1.82, 2.24) is 9.88 Å². The molecule has 3 rings (SSSR count). The summed E-state index contributed by atoms with van der Waals surface area (Å²) >= 11 is 0. The van der Waals surface area contributed by atoms with Gasteiger partial charge in [-0.3, -0.25) is 9.59 Å². The van der Waals surface area contributed by atoms with Crippen LogP contribution in [0.4, 0.5) is 0 Å². The molecule has 1 saturated carbocycles. The highest BCUT2D eigenvalue weighted by molar-refractivity contribution is 5.77. The predicted octanol–water partition coefficient (Wildman–Crippen LogP) is 2.99. The molecule has 0 unspecified atom stereocenters. The molecule has 1 aromatic heterocycles. The number of nitriles is 1. The number of benzene rings is 1. The smallest absolute Gasteiger partial charge is 0.266 e. The Kier molecular flexibility index (Phi) is 5.22. The number of pyridine rings is 1. The van der Waals surface area contributed by atoms with Crippen molar-refractivity contribution in [1.29, 1.82) is 5.26 Å². The van der Waals surface area contributed by atoms with Crippen molar-refractivity contribution in [3.63, 3.8) is 0 Å². The minimum atomic E-state index is -0.360. The average Bonchev–Trinajstić information content (AvgIpc) is 3.45. The molecular formula is C21H23N3O2. The zero-order chi connectivity index (χ0) is 18.7. The van der Waals surface area contributed by atoms with Crippen molar-refractivity contribution in [2.45, 2.75) is 52.1 Å². The number of amides is 1. The van der Waals surface area contributed by atoms with Crippen LogP contribution in [0, 0.1) is 25.2 Å². The van der Waals surface area contributed by atoms with Gasteiger partial charge in [-0.1, -0.05) is 30.3 Å². The summed E-state index contributed by atoms with van der Waals surface area (Å²) < 4.78 is 0. The van der Waals surface area contributed by atoms with E-state index in [9.17, 15) is 14.9 Å². The standard InChI is InChI=1S/C21H23N3O2/c1-14-18(15(2)23-21(26)19(14)12-22)10-11-20(25)24(17-8-9-17)13-16-6-4-3-5-7-16/h3-7,17H,8-11,13H2,1-2H3,(H,23,26). The zero-order valence-electron chi connectivity index (χ0n) is 15.2. The zero-order valence-corrected chi connectivity index (χ0v) is 15.2. The second-order valence-corrected chi connectivity index (χ2v) is 6.91. The van der Waals surface area contributed by atoms with Crippen molar-refractivity contribution >= 4 is 5.91 Å². The number of aromatic amines is 1. The third-order valence-corrected chi connectivity index (χ3v) is 5.01. The number of aromatic nitrogens is 1. The number of H-pyrrole nitrogens is 1. The van der Waals surface area contributed by atoms with Crippen LogP contribution < -0.4 is 5.56 Å². The molecule has 1 heterocycles. The van der Waals surface area contributed by atoms with E-state index in [1.54, 1.807) is 6.92 Å². The number of carbonyl (C=O) groups is 1. The van der Waals surface area contributed by atoms with Gasteiger partial charge in [-0.2, -0.15) is 5.26 Å². The highest BCUT2D eigenvalue weighted by atomic mass is 16.2. The Bertz CT molecular complexity index is 905. The Labute approximate surface area is 153 Å². The van der Waals surface area contributed by atoms with E-state index in [0.717, 1.165) is 29.7 Å². The lowest BCUT2D eigenvalue weighted by atomic mass is 9.99. The molecule has 0 aliphatic heterocycles. The predicted molar refractivity (Wildman–Crippen MR) is 99.6 cm³/mol. The molecule has 0 saturated heterocycles. The quantitative estimate of drug-likeness (QED) is 0.871. The molecule has 1 N–H and O–H groups in total. The fourth-order valence-electron chi connectivity index (χ4n) is 3.38. The molecule has 1 aromatic carbocycles. The molecule has 2 aromatic rings. The number of carbonyl (C=O) groups excluding carboxylic acids is 1.